The molecule has 0 amide bonds. The Morgan fingerprint density at radius 3 is 2.54 bits per heavy atom. The van der Waals surface area contributed by atoms with Crippen molar-refractivity contribution in [1.29, 1.82) is 0 Å². The van der Waals surface area contributed by atoms with Crippen LogP contribution in [0.25, 0.3) is 0 Å². The fourth-order valence-electron chi connectivity index (χ4n) is 2.41. The summed E-state index contributed by atoms with van der Waals surface area (Å²) in [5, 5.41) is 3.36. The first kappa shape index (κ1) is 9.45. The molecule has 0 aromatic rings. The normalized spacial score (nSPS) is 33.5. The lowest BCUT2D eigenvalue weighted by Gasteiger charge is -2.33. The number of hydrogen-bond donors (Lipinski definition) is 1. The van der Waals surface area contributed by atoms with Gasteiger partial charge in [-0.05, 0) is 38.1 Å². The van der Waals surface area contributed by atoms with Crippen LogP contribution in [-0.2, 0) is 0 Å². The molecule has 1 saturated heterocycles. The highest BCUT2D eigenvalue weighted by atomic mass is 19.1. The summed E-state index contributed by atoms with van der Waals surface area (Å²) in [6, 6.07) is 0.174. The van der Waals surface area contributed by atoms with Crippen LogP contribution in [-0.4, -0.2) is 18.8 Å². The van der Waals surface area contributed by atoms with Gasteiger partial charge in [-0.15, -0.1) is 0 Å². The molecule has 1 N–H and O–H groups in total. The second kappa shape index (κ2) is 4.41. The molecule has 0 aromatic carbocycles. The molecule has 2 heteroatoms. The minimum absolute atomic E-state index is 0.174. The summed E-state index contributed by atoms with van der Waals surface area (Å²) in [5.41, 5.74) is 0. The third-order valence-corrected chi connectivity index (χ3v) is 3.58. The second-order valence-corrected chi connectivity index (χ2v) is 4.55. The molecule has 1 aliphatic carbocycles. The van der Waals surface area contributed by atoms with Crippen molar-refractivity contribution in [2.45, 2.75) is 57.2 Å². The maximum absolute atomic E-state index is 13.9. The average molecular weight is 185 g/mol. The topological polar surface area (TPSA) is 12.0 Å². The van der Waals surface area contributed by atoms with E-state index in [1.807, 2.05) is 0 Å². The van der Waals surface area contributed by atoms with Gasteiger partial charge in [0.05, 0.1) is 0 Å². The van der Waals surface area contributed by atoms with Gasteiger partial charge in [0.15, 0.2) is 0 Å². The summed E-state index contributed by atoms with van der Waals surface area (Å²) in [6.07, 6.45) is 7.71. The molecule has 13 heavy (non-hydrogen) atoms. The number of hydrogen-bond acceptors (Lipinski definition) is 1. The summed E-state index contributed by atoms with van der Waals surface area (Å²) in [5.74, 6) is 0.385. The van der Waals surface area contributed by atoms with E-state index in [4.69, 9.17) is 0 Å². The van der Waals surface area contributed by atoms with Crippen molar-refractivity contribution in [3.8, 4) is 0 Å². The molecule has 2 fully saturated rings. The largest absolute Gasteiger partial charge is 0.311 e. The minimum Gasteiger partial charge on any atom is -0.311 e. The fraction of sp³-hybridized carbons (Fsp3) is 1.00. The van der Waals surface area contributed by atoms with E-state index in [0.717, 1.165) is 25.8 Å². The summed E-state index contributed by atoms with van der Waals surface area (Å²) in [6.45, 7) is 1.03. The highest BCUT2D eigenvalue weighted by Gasteiger charge is 2.33. The van der Waals surface area contributed by atoms with E-state index in [9.17, 15) is 4.39 Å². The molecule has 1 aliphatic heterocycles. The summed E-state index contributed by atoms with van der Waals surface area (Å²) < 4.78 is 13.9. The third-order valence-electron chi connectivity index (χ3n) is 3.58. The molecule has 76 valence electrons. The zero-order chi connectivity index (χ0) is 9.10. The van der Waals surface area contributed by atoms with Crippen LogP contribution in [0.15, 0.2) is 0 Å². The van der Waals surface area contributed by atoms with E-state index in [2.05, 4.69) is 5.32 Å². The van der Waals surface area contributed by atoms with E-state index in [0.29, 0.717) is 5.92 Å². The number of halogens is 1. The fourth-order valence-corrected chi connectivity index (χ4v) is 2.41. The van der Waals surface area contributed by atoms with Crippen molar-refractivity contribution in [3.05, 3.63) is 0 Å². The first-order valence-corrected chi connectivity index (χ1v) is 5.75. The predicted molar refractivity (Wildman–Crippen MR) is 52.5 cm³/mol. The molecule has 0 aromatic heterocycles. The first-order chi connectivity index (χ1) is 6.38. The van der Waals surface area contributed by atoms with Gasteiger partial charge in [0.1, 0.15) is 6.17 Å². The number of alkyl halides is 1. The van der Waals surface area contributed by atoms with Crippen LogP contribution in [0.3, 0.4) is 0 Å². The van der Waals surface area contributed by atoms with E-state index < -0.39 is 6.17 Å². The SMILES string of the molecule is FC(C1CCC1)C1CCCCCN1. The van der Waals surface area contributed by atoms with Crippen LogP contribution in [0.4, 0.5) is 4.39 Å². The Morgan fingerprint density at radius 1 is 1.00 bits per heavy atom. The lowest BCUT2D eigenvalue weighted by atomic mass is 9.79. The van der Waals surface area contributed by atoms with Crippen LogP contribution in [0.2, 0.25) is 0 Å². The van der Waals surface area contributed by atoms with Crippen LogP contribution in [0.1, 0.15) is 44.9 Å². The van der Waals surface area contributed by atoms with Crippen LogP contribution < -0.4 is 5.32 Å². The molecule has 1 nitrogen and oxygen atoms in total. The van der Waals surface area contributed by atoms with Gasteiger partial charge in [0.25, 0.3) is 0 Å². The van der Waals surface area contributed by atoms with Gasteiger partial charge in [-0.3, -0.25) is 0 Å². The summed E-state index contributed by atoms with van der Waals surface area (Å²) in [7, 11) is 0. The van der Waals surface area contributed by atoms with Crippen molar-refractivity contribution in [2.24, 2.45) is 5.92 Å². The van der Waals surface area contributed by atoms with Crippen molar-refractivity contribution < 1.29 is 4.39 Å². The molecule has 2 rings (SSSR count). The van der Waals surface area contributed by atoms with E-state index in [1.54, 1.807) is 0 Å². The molecule has 1 heterocycles. The summed E-state index contributed by atoms with van der Waals surface area (Å²) >= 11 is 0. The maximum atomic E-state index is 13.9. The Hall–Kier alpha value is -0.110. The van der Waals surface area contributed by atoms with Gasteiger partial charge in [0.2, 0.25) is 0 Å². The van der Waals surface area contributed by atoms with Gasteiger partial charge < -0.3 is 5.32 Å². The monoisotopic (exact) mass is 185 g/mol. The van der Waals surface area contributed by atoms with Crippen molar-refractivity contribution >= 4 is 0 Å². The molecular formula is C11H20FN. The Kier molecular flexibility index (Phi) is 3.20. The lowest BCUT2D eigenvalue weighted by Crippen LogP contribution is -2.42. The van der Waals surface area contributed by atoms with Crippen molar-refractivity contribution in [3.63, 3.8) is 0 Å². The smallest absolute Gasteiger partial charge is 0.118 e. The molecule has 2 aliphatic rings. The standard InChI is InChI=1S/C11H20FN/c12-11(9-5-4-6-9)10-7-2-1-3-8-13-10/h9-11,13H,1-8H2. The Bertz CT molecular complexity index is 148. The Balaban J connectivity index is 1.82. The Morgan fingerprint density at radius 2 is 1.85 bits per heavy atom. The van der Waals surface area contributed by atoms with Gasteiger partial charge in [-0.1, -0.05) is 19.3 Å². The second-order valence-electron chi connectivity index (χ2n) is 4.55. The van der Waals surface area contributed by atoms with Crippen molar-refractivity contribution in [2.75, 3.05) is 6.54 Å². The molecular weight excluding hydrogens is 165 g/mol. The molecule has 0 radical (unpaired) electrons. The number of rotatable bonds is 2. The Labute approximate surface area is 80.1 Å². The van der Waals surface area contributed by atoms with Gasteiger partial charge in [-0.2, -0.15) is 0 Å². The number of nitrogens with one attached hydrogen (secondary N) is 1. The van der Waals surface area contributed by atoms with Crippen LogP contribution in [0.5, 0.6) is 0 Å². The summed E-state index contributed by atoms with van der Waals surface area (Å²) in [4.78, 5) is 0. The first-order valence-electron chi connectivity index (χ1n) is 5.75. The zero-order valence-electron chi connectivity index (χ0n) is 8.27. The molecule has 0 spiro atoms. The molecule has 1 saturated carbocycles. The van der Waals surface area contributed by atoms with Gasteiger partial charge >= 0.3 is 0 Å². The average Bonchev–Trinajstić information content (AvgIpc) is 2.27. The van der Waals surface area contributed by atoms with E-state index in [1.165, 1.54) is 25.7 Å². The highest BCUT2D eigenvalue weighted by molar-refractivity contribution is 4.87. The molecule has 2 atom stereocenters. The van der Waals surface area contributed by atoms with Crippen LogP contribution >= 0.6 is 0 Å². The predicted octanol–water partition coefficient (Wildman–Crippen LogP) is 2.66. The third kappa shape index (κ3) is 2.22. The lowest BCUT2D eigenvalue weighted by molar-refractivity contribution is 0.108. The maximum Gasteiger partial charge on any atom is 0.118 e. The van der Waals surface area contributed by atoms with E-state index in [-0.39, 0.29) is 6.04 Å². The van der Waals surface area contributed by atoms with Gasteiger partial charge in [-0.25, -0.2) is 4.39 Å². The highest BCUT2D eigenvalue weighted by Crippen LogP contribution is 2.34. The quantitative estimate of drug-likeness (QED) is 0.697. The van der Waals surface area contributed by atoms with Crippen LogP contribution in [0, 0.1) is 5.92 Å². The van der Waals surface area contributed by atoms with E-state index >= 15 is 0 Å². The van der Waals surface area contributed by atoms with Gasteiger partial charge in [0, 0.05) is 6.04 Å². The molecule has 0 bridgehead atoms. The molecule has 2 unspecified atom stereocenters. The minimum atomic E-state index is -0.563. The zero-order valence-corrected chi connectivity index (χ0v) is 8.27. The van der Waals surface area contributed by atoms with Crippen molar-refractivity contribution in [1.82, 2.24) is 5.32 Å².